The number of hydrogen-bond acceptors (Lipinski definition) is 3. The van der Waals surface area contributed by atoms with Gasteiger partial charge in [-0.2, -0.15) is 0 Å². The van der Waals surface area contributed by atoms with Crippen molar-refractivity contribution in [3.8, 4) is 0 Å². The number of aliphatic imine (C=N–C) groups is 1. The third-order valence-corrected chi connectivity index (χ3v) is 4.01. The Morgan fingerprint density at radius 3 is 2.81 bits per heavy atom. The fourth-order valence-electron chi connectivity index (χ4n) is 1.82. The summed E-state index contributed by atoms with van der Waals surface area (Å²) < 4.78 is 0. The highest BCUT2D eigenvalue weighted by molar-refractivity contribution is 8.13. The van der Waals surface area contributed by atoms with Crippen molar-refractivity contribution in [3.63, 3.8) is 0 Å². The van der Waals surface area contributed by atoms with Gasteiger partial charge >= 0.3 is 0 Å². The zero-order valence-electron chi connectivity index (χ0n) is 11.0. The second kappa shape index (κ2) is 7.21. The molecule has 0 bridgehead atoms. The van der Waals surface area contributed by atoms with Crippen LogP contribution in [-0.2, 0) is 0 Å². The van der Waals surface area contributed by atoms with Gasteiger partial charge in [0.15, 0.2) is 5.17 Å². The second-order valence-corrected chi connectivity index (χ2v) is 6.45. The summed E-state index contributed by atoms with van der Waals surface area (Å²) >= 11 is 1.87. The number of hydrogen-bond donors (Lipinski definition) is 1. The molecule has 94 valence electrons. The molecule has 1 N–H and O–H groups in total. The third kappa shape index (κ3) is 5.78. The van der Waals surface area contributed by atoms with Gasteiger partial charge in [-0.05, 0) is 18.3 Å². The van der Waals surface area contributed by atoms with Crippen LogP contribution in [0.15, 0.2) is 4.99 Å². The fraction of sp³-hybridized carbons (Fsp3) is 0.923. The molecule has 2 nitrogen and oxygen atoms in total. The third-order valence-electron chi connectivity index (χ3n) is 2.97. The van der Waals surface area contributed by atoms with Crippen molar-refractivity contribution >= 4 is 16.9 Å². The van der Waals surface area contributed by atoms with E-state index in [0.29, 0.717) is 5.41 Å². The molecule has 0 spiro atoms. The number of nitrogens with one attached hydrogen (secondary N) is 1. The molecule has 1 rings (SSSR count). The SMILES string of the molecule is CCCCCC(C)(C)CNC1=NCCCS1. The first-order valence-electron chi connectivity index (χ1n) is 6.55. The minimum Gasteiger partial charge on any atom is -0.364 e. The zero-order chi connectivity index (χ0) is 11.9. The van der Waals surface area contributed by atoms with Crippen LogP contribution in [0.1, 0.15) is 52.9 Å². The number of rotatable bonds is 6. The maximum atomic E-state index is 4.50. The molecule has 0 aromatic rings. The van der Waals surface area contributed by atoms with Crippen LogP contribution in [0.25, 0.3) is 0 Å². The smallest absolute Gasteiger partial charge is 0.156 e. The summed E-state index contributed by atoms with van der Waals surface area (Å²) in [6.45, 7) is 9.03. The van der Waals surface area contributed by atoms with Crippen LogP contribution in [0.5, 0.6) is 0 Å². The van der Waals surface area contributed by atoms with Gasteiger partial charge in [0.05, 0.1) is 0 Å². The number of unbranched alkanes of at least 4 members (excludes halogenated alkanes) is 2. The van der Waals surface area contributed by atoms with E-state index in [1.54, 1.807) is 0 Å². The maximum absolute atomic E-state index is 4.50. The Morgan fingerprint density at radius 2 is 2.19 bits per heavy atom. The van der Waals surface area contributed by atoms with E-state index in [4.69, 9.17) is 0 Å². The molecule has 0 saturated carbocycles. The molecule has 0 aromatic carbocycles. The minimum atomic E-state index is 0.399. The highest BCUT2D eigenvalue weighted by atomic mass is 32.2. The minimum absolute atomic E-state index is 0.399. The highest BCUT2D eigenvalue weighted by Gasteiger charge is 2.18. The van der Waals surface area contributed by atoms with Gasteiger partial charge in [0.2, 0.25) is 0 Å². The Kier molecular flexibility index (Phi) is 6.25. The first kappa shape index (κ1) is 13.9. The Morgan fingerprint density at radius 1 is 1.38 bits per heavy atom. The molecule has 0 atom stereocenters. The molecule has 1 heterocycles. The first-order chi connectivity index (χ1) is 7.64. The number of thioether (sulfide) groups is 1. The first-order valence-corrected chi connectivity index (χ1v) is 7.54. The van der Waals surface area contributed by atoms with E-state index >= 15 is 0 Å². The summed E-state index contributed by atoms with van der Waals surface area (Å²) in [6, 6.07) is 0. The van der Waals surface area contributed by atoms with Crippen molar-refractivity contribution < 1.29 is 0 Å². The van der Waals surface area contributed by atoms with Crippen LogP contribution in [0.2, 0.25) is 0 Å². The van der Waals surface area contributed by atoms with E-state index in [1.807, 2.05) is 11.8 Å². The Hall–Kier alpha value is -0.180. The lowest BCUT2D eigenvalue weighted by Gasteiger charge is -2.26. The molecule has 0 amide bonds. The standard InChI is InChI=1S/C13H26N2S/c1-4-5-6-8-13(2,3)11-15-12-14-9-7-10-16-12/h4-11H2,1-3H3,(H,14,15). The fourth-order valence-corrected chi connectivity index (χ4v) is 2.65. The van der Waals surface area contributed by atoms with Crippen molar-refractivity contribution in [2.75, 3.05) is 18.8 Å². The van der Waals surface area contributed by atoms with Crippen LogP contribution in [0.4, 0.5) is 0 Å². The lowest BCUT2D eigenvalue weighted by molar-refractivity contribution is 0.320. The lowest BCUT2D eigenvalue weighted by Crippen LogP contribution is -2.33. The van der Waals surface area contributed by atoms with Crippen LogP contribution < -0.4 is 5.32 Å². The topological polar surface area (TPSA) is 24.4 Å². The summed E-state index contributed by atoms with van der Waals surface area (Å²) in [5.74, 6) is 1.22. The van der Waals surface area contributed by atoms with Gasteiger partial charge in [0, 0.05) is 18.8 Å². The van der Waals surface area contributed by atoms with Crippen molar-refractivity contribution in [2.24, 2.45) is 10.4 Å². The predicted molar refractivity (Wildman–Crippen MR) is 75.3 cm³/mol. The van der Waals surface area contributed by atoms with E-state index in [9.17, 15) is 0 Å². The molecule has 0 fully saturated rings. The largest absolute Gasteiger partial charge is 0.364 e. The van der Waals surface area contributed by atoms with E-state index in [0.717, 1.165) is 18.3 Å². The van der Waals surface area contributed by atoms with Gasteiger partial charge in [-0.1, -0.05) is 51.8 Å². The summed E-state index contributed by atoms with van der Waals surface area (Å²) in [5, 5.41) is 4.66. The molecule has 1 aliphatic rings. The molecular weight excluding hydrogens is 216 g/mol. The summed E-state index contributed by atoms with van der Waals surface area (Å²) in [4.78, 5) is 4.50. The average Bonchev–Trinajstić information content (AvgIpc) is 2.28. The monoisotopic (exact) mass is 242 g/mol. The highest BCUT2D eigenvalue weighted by Crippen LogP contribution is 2.23. The van der Waals surface area contributed by atoms with Crippen molar-refractivity contribution in [1.82, 2.24) is 5.32 Å². The van der Waals surface area contributed by atoms with Crippen molar-refractivity contribution in [3.05, 3.63) is 0 Å². The molecule has 0 saturated heterocycles. The van der Waals surface area contributed by atoms with Gasteiger partial charge in [0.1, 0.15) is 0 Å². The summed E-state index contributed by atoms with van der Waals surface area (Å²) in [6.07, 6.45) is 6.57. The summed E-state index contributed by atoms with van der Waals surface area (Å²) in [7, 11) is 0. The van der Waals surface area contributed by atoms with Gasteiger partial charge in [0.25, 0.3) is 0 Å². The maximum Gasteiger partial charge on any atom is 0.156 e. The van der Waals surface area contributed by atoms with E-state index in [1.165, 1.54) is 37.9 Å². The molecule has 0 radical (unpaired) electrons. The Labute approximate surface area is 105 Å². The Bertz CT molecular complexity index is 224. The molecular formula is C13H26N2S. The van der Waals surface area contributed by atoms with E-state index < -0.39 is 0 Å². The Balaban J connectivity index is 2.21. The van der Waals surface area contributed by atoms with E-state index in [-0.39, 0.29) is 0 Å². The summed E-state index contributed by atoms with van der Waals surface area (Å²) in [5.41, 5.74) is 0.399. The quantitative estimate of drug-likeness (QED) is 0.719. The zero-order valence-corrected chi connectivity index (χ0v) is 11.8. The normalized spacial score (nSPS) is 17.1. The van der Waals surface area contributed by atoms with Gasteiger partial charge in [-0.25, -0.2) is 0 Å². The van der Waals surface area contributed by atoms with Crippen LogP contribution in [0.3, 0.4) is 0 Å². The van der Waals surface area contributed by atoms with Gasteiger partial charge in [-0.3, -0.25) is 4.99 Å². The second-order valence-electron chi connectivity index (χ2n) is 5.36. The van der Waals surface area contributed by atoms with Crippen LogP contribution in [0, 0.1) is 5.41 Å². The molecule has 1 aliphatic heterocycles. The molecule has 0 unspecified atom stereocenters. The molecule has 16 heavy (non-hydrogen) atoms. The molecule has 0 aromatic heterocycles. The van der Waals surface area contributed by atoms with Gasteiger partial charge in [-0.15, -0.1) is 0 Å². The molecule has 0 aliphatic carbocycles. The lowest BCUT2D eigenvalue weighted by atomic mass is 9.87. The average molecular weight is 242 g/mol. The van der Waals surface area contributed by atoms with Gasteiger partial charge < -0.3 is 5.32 Å². The van der Waals surface area contributed by atoms with E-state index in [2.05, 4.69) is 31.1 Å². The van der Waals surface area contributed by atoms with Crippen molar-refractivity contribution in [1.29, 1.82) is 0 Å². The van der Waals surface area contributed by atoms with Crippen LogP contribution >= 0.6 is 11.8 Å². The predicted octanol–water partition coefficient (Wildman–Crippen LogP) is 3.68. The number of amidine groups is 1. The van der Waals surface area contributed by atoms with Crippen LogP contribution in [-0.4, -0.2) is 24.0 Å². The van der Waals surface area contributed by atoms with Crippen molar-refractivity contribution in [2.45, 2.75) is 52.9 Å². The number of nitrogens with zero attached hydrogens (tertiary/aromatic N) is 1. The molecule has 3 heteroatoms.